The van der Waals surface area contributed by atoms with Crippen LogP contribution in [0.4, 0.5) is 0 Å². The fourth-order valence-corrected chi connectivity index (χ4v) is 4.61. The molecule has 0 heteroatoms. The van der Waals surface area contributed by atoms with Crippen LogP contribution < -0.4 is 0 Å². The summed E-state index contributed by atoms with van der Waals surface area (Å²) in [5.74, 6) is 0.700. The van der Waals surface area contributed by atoms with E-state index in [4.69, 9.17) is 0 Å². The molecule has 0 aromatic carbocycles. The van der Waals surface area contributed by atoms with Gasteiger partial charge in [-0.2, -0.15) is 0 Å². The molecule has 1 aliphatic carbocycles. The van der Waals surface area contributed by atoms with Crippen LogP contribution >= 0.6 is 0 Å². The molecule has 28 heavy (non-hydrogen) atoms. The van der Waals surface area contributed by atoms with E-state index in [-0.39, 0.29) is 5.41 Å². The third kappa shape index (κ3) is 8.63. The predicted molar refractivity (Wildman–Crippen MR) is 133 cm³/mol. The van der Waals surface area contributed by atoms with Gasteiger partial charge < -0.3 is 0 Å². The lowest BCUT2D eigenvalue weighted by Crippen LogP contribution is -2.39. The molecule has 2 atom stereocenters. The smallest absolute Gasteiger partial charge is 0.0210 e. The maximum absolute atomic E-state index is 3.97. The average Bonchev–Trinajstić information content (AvgIpc) is 2.66. The van der Waals surface area contributed by atoms with Crippen molar-refractivity contribution in [1.29, 1.82) is 0 Å². The fraction of sp³-hybridized carbons (Fsp3) is 0.571. The lowest BCUT2D eigenvalue weighted by atomic mass is 9.54. The van der Waals surface area contributed by atoms with Crippen LogP contribution in [0.1, 0.15) is 88.5 Å². The standard InChI is InChI=1S/C24H36.2C2H6/c1-8-12-16-22(15-11-4)24(21(13-9-2)14-10-3)18-20(5)17-23(6,7)19-24;2*1-2/h8-16,20H,2,17-19H2,1,3-7H3;2*1-2H3/b12-8-,14-10-,15-11-,21-13+,22-16+;;. The van der Waals surface area contributed by atoms with Crippen molar-refractivity contribution >= 4 is 0 Å². The van der Waals surface area contributed by atoms with Crippen molar-refractivity contribution in [3.8, 4) is 0 Å². The van der Waals surface area contributed by atoms with Gasteiger partial charge in [-0.1, -0.05) is 110 Å². The molecule has 0 bridgehead atoms. The van der Waals surface area contributed by atoms with Gasteiger partial charge in [-0.25, -0.2) is 0 Å². The van der Waals surface area contributed by atoms with E-state index in [0.717, 1.165) is 0 Å². The van der Waals surface area contributed by atoms with Crippen molar-refractivity contribution in [1.82, 2.24) is 0 Å². The Morgan fingerprint density at radius 3 is 1.71 bits per heavy atom. The molecule has 0 aliphatic heterocycles. The molecule has 2 unspecified atom stereocenters. The Morgan fingerprint density at radius 2 is 1.32 bits per heavy atom. The molecule has 0 spiro atoms. The highest BCUT2D eigenvalue weighted by molar-refractivity contribution is 5.45. The molecule has 0 nitrogen and oxygen atoms in total. The molecule has 0 aromatic heterocycles. The molecule has 0 aromatic rings. The monoisotopic (exact) mass is 384 g/mol. The summed E-state index contributed by atoms with van der Waals surface area (Å²) in [6.45, 7) is 25.5. The van der Waals surface area contributed by atoms with Gasteiger partial charge in [-0.3, -0.25) is 0 Å². The maximum Gasteiger partial charge on any atom is 0.0210 e. The van der Waals surface area contributed by atoms with Gasteiger partial charge in [0.15, 0.2) is 0 Å². The molecule has 0 saturated heterocycles. The Hall–Kier alpha value is -1.56. The van der Waals surface area contributed by atoms with E-state index in [1.165, 1.54) is 30.4 Å². The molecule has 0 amide bonds. The van der Waals surface area contributed by atoms with Crippen molar-refractivity contribution in [2.24, 2.45) is 16.7 Å². The number of hydrogen-bond acceptors (Lipinski definition) is 0. The lowest BCUT2D eigenvalue weighted by molar-refractivity contribution is 0.103. The zero-order chi connectivity index (χ0) is 22.2. The fourth-order valence-electron chi connectivity index (χ4n) is 4.61. The van der Waals surface area contributed by atoms with Crippen molar-refractivity contribution in [3.05, 3.63) is 72.4 Å². The highest BCUT2D eigenvalue weighted by atomic mass is 14.5. The van der Waals surface area contributed by atoms with Crippen LogP contribution in [0.25, 0.3) is 0 Å². The van der Waals surface area contributed by atoms with Gasteiger partial charge in [-0.15, -0.1) is 0 Å². The van der Waals surface area contributed by atoms with Crippen LogP contribution in [-0.4, -0.2) is 0 Å². The Labute approximate surface area is 177 Å². The predicted octanol–water partition coefficient (Wildman–Crippen LogP) is 9.64. The summed E-state index contributed by atoms with van der Waals surface area (Å²) >= 11 is 0. The summed E-state index contributed by atoms with van der Waals surface area (Å²) < 4.78 is 0. The minimum absolute atomic E-state index is 0.0495. The van der Waals surface area contributed by atoms with Gasteiger partial charge in [0.1, 0.15) is 0 Å². The Balaban J connectivity index is 0. The first-order valence-corrected chi connectivity index (χ1v) is 11.3. The van der Waals surface area contributed by atoms with Crippen molar-refractivity contribution in [3.63, 3.8) is 0 Å². The zero-order valence-corrected chi connectivity index (χ0v) is 20.6. The van der Waals surface area contributed by atoms with E-state index in [1.807, 2.05) is 33.8 Å². The van der Waals surface area contributed by atoms with Gasteiger partial charge in [0.2, 0.25) is 0 Å². The Bertz CT molecular complexity index is 563. The molecule has 160 valence electrons. The molecule has 1 rings (SSSR count). The second kappa shape index (κ2) is 15.4. The number of allylic oxidation sites excluding steroid dienone is 11. The van der Waals surface area contributed by atoms with Crippen molar-refractivity contribution in [2.45, 2.75) is 88.5 Å². The maximum atomic E-state index is 3.97. The minimum atomic E-state index is 0.0495. The van der Waals surface area contributed by atoms with E-state index < -0.39 is 0 Å². The first-order chi connectivity index (χ1) is 13.3. The molecular weight excluding hydrogens is 336 g/mol. The van der Waals surface area contributed by atoms with Crippen molar-refractivity contribution in [2.75, 3.05) is 0 Å². The quantitative estimate of drug-likeness (QED) is 0.400. The van der Waals surface area contributed by atoms with Crippen LogP contribution in [0.5, 0.6) is 0 Å². The third-order valence-electron chi connectivity index (χ3n) is 4.94. The second-order valence-electron chi connectivity index (χ2n) is 7.94. The van der Waals surface area contributed by atoms with Crippen LogP contribution in [-0.2, 0) is 0 Å². The van der Waals surface area contributed by atoms with Crippen molar-refractivity contribution < 1.29 is 0 Å². The first-order valence-electron chi connectivity index (χ1n) is 11.3. The van der Waals surface area contributed by atoms with Crippen LogP contribution in [0, 0.1) is 16.7 Å². The first kappa shape index (κ1) is 28.6. The van der Waals surface area contributed by atoms with Gasteiger partial charge in [0.25, 0.3) is 0 Å². The SMILES string of the molecule is C=C/C=C(\C=C/C)C1(C(/C=C\C)=C/C=C\C)CC(C)CC(C)(C)C1.CC.CC. The van der Waals surface area contributed by atoms with Crippen LogP contribution in [0.2, 0.25) is 0 Å². The summed E-state index contributed by atoms with van der Waals surface area (Å²) in [7, 11) is 0. The summed E-state index contributed by atoms with van der Waals surface area (Å²) in [6, 6.07) is 0. The largest absolute Gasteiger partial charge is 0.0991 e. The van der Waals surface area contributed by atoms with Gasteiger partial charge >= 0.3 is 0 Å². The highest BCUT2D eigenvalue weighted by Gasteiger charge is 2.45. The lowest BCUT2D eigenvalue weighted by Gasteiger charge is -2.49. The topological polar surface area (TPSA) is 0 Å². The molecule has 0 N–H and O–H groups in total. The van der Waals surface area contributed by atoms with Gasteiger partial charge in [0, 0.05) is 5.41 Å². The summed E-state index contributed by atoms with van der Waals surface area (Å²) in [5, 5.41) is 0. The molecule has 0 heterocycles. The van der Waals surface area contributed by atoms with E-state index >= 15 is 0 Å². The second-order valence-corrected chi connectivity index (χ2v) is 7.94. The van der Waals surface area contributed by atoms with E-state index in [0.29, 0.717) is 11.3 Å². The summed E-state index contributed by atoms with van der Waals surface area (Å²) in [5.41, 5.74) is 3.17. The zero-order valence-electron chi connectivity index (χ0n) is 20.6. The number of hydrogen-bond donors (Lipinski definition) is 0. The number of rotatable bonds is 6. The Kier molecular flexibility index (Phi) is 15.7. The van der Waals surface area contributed by atoms with E-state index in [9.17, 15) is 0 Å². The minimum Gasteiger partial charge on any atom is -0.0991 e. The van der Waals surface area contributed by atoms with E-state index in [1.54, 1.807) is 0 Å². The van der Waals surface area contributed by atoms with E-state index in [2.05, 4.69) is 96.7 Å². The summed E-state index contributed by atoms with van der Waals surface area (Å²) in [4.78, 5) is 0. The highest BCUT2D eigenvalue weighted by Crippen LogP contribution is 2.56. The van der Waals surface area contributed by atoms with Crippen LogP contribution in [0.15, 0.2) is 72.4 Å². The molecule has 0 radical (unpaired) electrons. The average molecular weight is 385 g/mol. The molecular formula is C28H48. The van der Waals surface area contributed by atoms with Gasteiger partial charge in [-0.05, 0) is 62.5 Å². The van der Waals surface area contributed by atoms with Gasteiger partial charge in [0.05, 0.1) is 0 Å². The molecule has 1 aliphatic rings. The third-order valence-corrected chi connectivity index (χ3v) is 4.94. The molecule has 1 fully saturated rings. The normalized spacial score (nSPS) is 25.3. The molecule has 1 saturated carbocycles. The summed E-state index contributed by atoms with van der Waals surface area (Å²) in [6.07, 6.45) is 23.3. The Morgan fingerprint density at radius 1 is 0.821 bits per heavy atom. The van der Waals surface area contributed by atoms with Crippen LogP contribution in [0.3, 0.4) is 0 Å².